The first-order valence-electron chi connectivity index (χ1n) is 8.84. The van der Waals surface area contributed by atoms with Gasteiger partial charge in [0, 0.05) is 6.54 Å². The van der Waals surface area contributed by atoms with Crippen molar-refractivity contribution in [1.82, 2.24) is 4.90 Å². The molecule has 3 N–H and O–H groups in total. The van der Waals surface area contributed by atoms with Crippen LogP contribution in [0.1, 0.15) is 32.3 Å². The molecule has 0 spiro atoms. The molecule has 1 amide bonds. The molecule has 6 heteroatoms. The highest BCUT2D eigenvalue weighted by molar-refractivity contribution is 5.85. The van der Waals surface area contributed by atoms with Gasteiger partial charge in [0.05, 0.1) is 18.4 Å². The lowest BCUT2D eigenvalue weighted by Gasteiger charge is -2.26. The lowest BCUT2D eigenvalue weighted by atomic mass is 10.0. The van der Waals surface area contributed by atoms with E-state index in [-0.39, 0.29) is 18.4 Å². The number of benzene rings is 1. The Kier molecular flexibility index (Phi) is 6.82. The van der Waals surface area contributed by atoms with Crippen molar-refractivity contribution < 1.29 is 19.4 Å². The Morgan fingerprint density at radius 2 is 2.04 bits per heavy atom. The van der Waals surface area contributed by atoms with Crippen LogP contribution in [0, 0.1) is 11.8 Å². The zero-order valence-corrected chi connectivity index (χ0v) is 15.0. The molecule has 2 atom stereocenters. The first-order chi connectivity index (χ1) is 11.9. The van der Waals surface area contributed by atoms with Crippen molar-refractivity contribution in [3.8, 4) is 5.75 Å². The average molecular weight is 348 g/mol. The van der Waals surface area contributed by atoms with Crippen molar-refractivity contribution in [1.29, 1.82) is 0 Å². The Bertz CT molecular complexity index is 586. The minimum atomic E-state index is -0.931. The van der Waals surface area contributed by atoms with Gasteiger partial charge in [-0.05, 0) is 43.0 Å². The number of carboxylic acid groups (broad SMARTS) is 1. The number of amides is 1. The fraction of sp³-hybridized carbons (Fsp3) is 0.579. The first-order valence-corrected chi connectivity index (χ1v) is 8.84. The number of nitrogens with zero attached hydrogens (tertiary/aromatic N) is 1. The van der Waals surface area contributed by atoms with Gasteiger partial charge in [-0.15, -0.1) is 0 Å². The van der Waals surface area contributed by atoms with E-state index in [2.05, 4.69) is 0 Å². The summed E-state index contributed by atoms with van der Waals surface area (Å²) in [6.45, 7) is 5.71. The molecule has 1 aromatic carbocycles. The van der Waals surface area contributed by atoms with Crippen molar-refractivity contribution in [3.05, 3.63) is 29.8 Å². The van der Waals surface area contributed by atoms with E-state index in [9.17, 15) is 9.59 Å². The zero-order valence-electron chi connectivity index (χ0n) is 15.0. The van der Waals surface area contributed by atoms with E-state index >= 15 is 0 Å². The Balaban J connectivity index is 1.99. The van der Waals surface area contributed by atoms with Crippen molar-refractivity contribution >= 4 is 11.9 Å². The molecule has 1 heterocycles. The van der Waals surface area contributed by atoms with E-state index in [1.165, 1.54) is 0 Å². The lowest BCUT2D eigenvalue weighted by Crippen LogP contribution is -2.39. The van der Waals surface area contributed by atoms with Gasteiger partial charge < -0.3 is 20.5 Å². The number of hydrogen-bond acceptors (Lipinski definition) is 4. The van der Waals surface area contributed by atoms with Gasteiger partial charge in [-0.1, -0.05) is 26.0 Å². The third-order valence-electron chi connectivity index (χ3n) is 4.41. The summed E-state index contributed by atoms with van der Waals surface area (Å²) in [6, 6.07) is 7.71. The number of carbonyl (C=O) groups is 2. The quantitative estimate of drug-likeness (QED) is 0.711. The predicted octanol–water partition coefficient (Wildman–Crippen LogP) is 1.91. The second kappa shape index (κ2) is 8.85. The number of rotatable bonds is 9. The van der Waals surface area contributed by atoms with Gasteiger partial charge in [0.15, 0.2) is 0 Å². The molecule has 0 unspecified atom stereocenters. The third-order valence-corrected chi connectivity index (χ3v) is 4.41. The number of carbonyl (C=O) groups excluding carboxylic acids is 1. The normalized spacial score (nSPS) is 20.3. The second-order valence-corrected chi connectivity index (χ2v) is 7.06. The van der Waals surface area contributed by atoms with Crippen LogP contribution in [0.2, 0.25) is 0 Å². The fourth-order valence-corrected chi connectivity index (χ4v) is 3.25. The average Bonchev–Trinajstić information content (AvgIpc) is 2.82. The highest BCUT2D eigenvalue weighted by Crippen LogP contribution is 2.29. The Morgan fingerprint density at radius 1 is 1.36 bits per heavy atom. The van der Waals surface area contributed by atoms with Crippen LogP contribution in [0.15, 0.2) is 24.3 Å². The fourth-order valence-electron chi connectivity index (χ4n) is 3.25. The van der Waals surface area contributed by atoms with Crippen LogP contribution < -0.4 is 10.5 Å². The number of nitrogens with two attached hydrogens (primary N) is 1. The molecule has 0 saturated carbocycles. The molecule has 1 aliphatic rings. The van der Waals surface area contributed by atoms with Crippen LogP contribution in [0.5, 0.6) is 5.75 Å². The first kappa shape index (κ1) is 19.2. The van der Waals surface area contributed by atoms with Crippen molar-refractivity contribution in [2.45, 2.75) is 39.2 Å². The Hall–Kier alpha value is -2.08. The minimum Gasteiger partial charge on any atom is -0.491 e. The van der Waals surface area contributed by atoms with Crippen LogP contribution in [0.3, 0.4) is 0 Å². The van der Waals surface area contributed by atoms with Gasteiger partial charge in [-0.3, -0.25) is 9.59 Å². The van der Waals surface area contributed by atoms with Gasteiger partial charge in [0.25, 0.3) is 0 Å². The van der Waals surface area contributed by atoms with Gasteiger partial charge >= 0.3 is 5.97 Å². The summed E-state index contributed by atoms with van der Waals surface area (Å²) in [7, 11) is 0. The molecular weight excluding hydrogens is 320 g/mol. The molecule has 0 radical (unpaired) electrons. The van der Waals surface area contributed by atoms with E-state index in [0.717, 1.165) is 17.7 Å². The minimum absolute atomic E-state index is 0.0667. The topological polar surface area (TPSA) is 92.9 Å². The van der Waals surface area contributed by atoms with Crippen molar-refractivity contribution in [2.24, 2.45) is 17.6 Å². The summed E-state index contributed by atoms with van der Waals surface area (Å²) in [5.74, 6) is -0.371. The van der Waals surface area contributed by atoms with Crippen LogP contribution in [0.25, 0.3) is 0 Å². The van der Waals surface area contributed by atoms with Gasteiger partial charge in [0.2, 0.25) is 5.91 Å². The maximum Gasteiger partial charge on any atom is 0.304 e. The largest absolute Gasteiger partial charge is 0.491 e. The zero-order chi connectivity index (χ0) is 18.4. The van der Waals surface area contributed by atoms with Gasteiger partial charge in [-0.25, -0.2) is 0 Å². The van der Waals surface area contributed by atoms with Crippen LogP contribution >= 0.6 is 0 Å². The standard InChI is InChI=1S/C19H28N2O4/c1-13(2)11-21-16(9-15(19(21)24)10-18(22)23)12-25-17-5-3-14(4-6-17)7-8-20/h3-6,13,15-16H,7-12,20H2,1-2H3,(H,22,23)/t15-,16-/m0/s1. The van der Waals surface area contributed by atoms with E-state index in [1.807, 2.05) is 38.1 Å². The Morgan fingerprint density at radius 3 is 2.60 bits per heavy atom. The molecule has 1 aliphatic heterocycles. The SMILES string of the molecule is CC(C)CN1C(=O)[C@H](CC(=O)O)C[C@H]1COc1ccc(CCN)cc1. The maximum atomic E-state index is 12.5. The molecule has 1 aromatic rings. The number of carboxylic acids is 1. The van der Waals surface area contributed by atoms with E-state index in [1.54, 1.807) is 4.90 Å². The molecule has 0 bridgehead atoms. The molecule has 2 rings (SSSR count). The van der Waals surface area contributed by atoms with E-state index in [0.29, 0.717) is 32.0 Å². The predicted molar refractivity (Wildman–Crippen MR) is 95.4 cm³/mol. The lowest BCUT2D eigenvalue weighted by molar-refractivity contribution is -0.142. The summed E-state index contributed by atoms with van der Waals surface area (Å²) >= 11 is 0. The van der Waals surface area contributed by atoms with Gasteiger partial charge in [-0.2, -0.15) is 0 Å². The number of ether oxygens (including phenoxy) is 1. The summed E-state index contributed by atoms with van der Waals surface area (Å²) in [4.78, 5) is 25.3. The number of hydrogen-bond donors (Lipinski definition) is 2. The molecule has 25 heavy (non-hydrogen) atoms. The van der Waals surface area contributed by atoms with E-state index in [4.69, 9.17) is 15.6 Å². The summed E-state index contributed by atoms with van der Waals surface area (Å²) in [6.07, 6.45) is 1.25. The molecule has 6 nitrogen and oxygen atoms in total. The molecule has 0 aliphatic carbocycles. The molecule has 1 saturated heterocycles. The monoisotopic (exact) mass is 348 g/mol. The van der Waals surface area contributed by atoms with Crippen LogP contribution in [0.4, 0.5) is 0 Å². The van der Waals surface area contributed by atoms with Gasteiger partial charge in [0.1, 0.15) is 12.4 Å². The Labute approximate surface area is 149 Å². The molecule has 1 fully saturated rings. The summed E-state index contributed by atoms with van der Waals surface area (Å²) in [5, 5.41) is 9.01. The summed E-state index contributed by atoms with van der Waals surface area (Å²) in [5.41, 5.74) is 6.71. The number of aliphatic carboxylic acids is 1. The number of likely N-dealkylation sites (tertiary alicyclic amines) is 1. The highest BCUT2D eigenvalue weighted by Gasteiger charge is 2.40. The van der Waals surface area contributed by atoms with Crippen molar-refractivity contribution in [3.63, 3.8) is 0 Å². The molecule has 138 valence electrons. The molecule has 0 aromatic heterocycles. The highest BCUT2D eigenvalue weighted by atomic mass is 16.5. The summed E-state index contributed by atoms with van der Waals surface area (Å²) < 4.78 is 5.86. The van der Waals surface area contributed by atoms with Crippen LogP contribution in [-0.2, 0) is 16.0 Å². The maximum absolute atomic E-state index is 12.5. The molecular formula is C19H28N2O4. The van der Waals surface area contributed by atoms with Crippen molar-refractivity contribution in [2.75, 3.05) is 19.7 Å². The van der Waals surface area contributed by atoms with Crippen LogP contribution in [-0.4, -0.2) is 47.6 Å². The smallest absolute Gasteiger partial charge is 0.304 e. The third kappa shape index (κ3) is 5.46. The second-order valence-electron chi connectivity index (χ2n) is 7.06. The van der Waals surface area contributed by atoms with E-state index < -0.39 is 11.9 Å².